The molecule has 0 saturated carbocycles. The Kier molecular flexibility index (Phi) is 4.62. The van der Waals surface area contributed by atoms with Crippen LogP contribution in [0.3, 0.4) is 0 Å². The molecule has 3 aliphatic rings. The number of amides is 1. The summed E-state index contributed by atoms with van der Waals surface area (Å²) < 4.78 is 11.2. The fourth-order valence-corrected chi connectivity index (χ4v) is 7.09. The third kappa shape index (κ3) is 2.77. The smallest absolute Gasteiger partial charge is 0.249 e. The third-order valence-corrected chi connectivity index (χ3v) is 8.00. The number of benzene rings is 1. The Morgan fingerprint density at radius 2 is 2.00 bits per heavy atom. The highest BCUT2D eigenvalue weighted by atomic mass is 32.2. The van der Waals surface area contributed by atoms with E-state index in [1.165, 1.54) is 0 Å². The maximum Gasteiger partial charge on any atom is 0.249 e. The van der Waals surface area contributed by atoms with Crippen molar-refractivity contribution >= 4 is 35.2 Å². The SMILES string of the molecule is O=C(/C=C/c1ccco1)C[C@H]1[C@H](c2ccco2)[C@H]2CSCN2[C@]12C(=O)Nc1ccccc12. The van der Waals surface area contributed by atoms with Gasteiger partial charge in [0.1, 0.15) is 17.1 Å². The molecule has 2 saturated heterocycles. The van der Waals surface area contributed by atoms with Crippen LogP contribution in [0.5, 0.6) is 0 Å². The topological polar surface area (TPSA) is 75.7 Å². The zero-order valence-corrected chi connectivity index (χ0v) is 18.1. The second kappa shape index (κ2) is 7.53. The summed E-state index contributed by atoms with van der Waals surface area (Å²) in [5.41, 5.74) is 0.896. The minimum Gasteiger partial charge on any atom is -0.469 e. The largest absolute Gasteiger partial charge is 0.469 e. The minimum atomic E-state index is -0.892. The number of nitrogens with zero attached hydrogens (tertiary/aromatic N) is 1. The third-order valence-electron chi connectivity index (χ3n) is 6.96. The second-order valence-corrected chi connectivity index (χ2v) is 9.47. The quantitative estimate of drug-likeness (QED) is 0.583. The first-order chi connectivity index (χ1) is 15.7. The van der Waals surface area contributed by atoms with E-state index in [1.54, 1.807) is 36.8 Å². The Morgan fingerprint density at radius 3 is 2.81 bits per heavy atom. The minimum absolute atomic E-state index is 0.0339. The van der Waals surface area contributed by atoms with Crippen molar-refractivity contribution in [3.05, 3.63) is 84.2 Å². The van der Waals surface area contributed by atoms with Crippen molar-refractivity contribution in [2.45, 2.75) is 23.9 Å². The van der Waals surface area contributed by atoms with E-state index >= 15 is 0 Å². The van der Waals surface area contributed by atoms with Gasteiger partial charge in [0.15, 0.2) is 5.78 Å². The average molecular weight is 447 g/mol. The van der Waals surface area contributed by atoms with Gasteiger partial charge in [-0.05, 0) is 42.5 Å². The van der Waals surface area contributed by atoms with E-state index in [4.69, 9.17) is 8.83 Å². The number of fused-ring (bicyclic) bond motifs is 4. The van der Waals surface area contributed by atoms with Gasteiger partial charge in [-0.15, -0.1) is 11.8 Å². The van der Waals surface area contributed by atoms with Crippen molar-refractivity contribution in [3.63, 3.8) is 0 Å². The van der Waals surface area contributed by atoms with Crippen molar-refractivity contribution < 1.29 is 18.4 Å². The van der Waals surface area contributed by atoms with Crippen LogP contribution in [0, 0.1) is 5.92 Å². The van der Waals surface area contributed by atoms with Gasteiger partial charge in [0, 0.05) is 47.2 Å². The number of ketones is 1. The van der Waals surface area contributed by atoms with E-state index in [2.05, 4.69) is 10.2 Å². The van der Waals surface area contributed by atoms with E-state index in [-0.39, 0.29) is 36.0 Å². The molecule has 3 aliphatic heterocycles. The number of para-hydroxylation sites is 1. The van der Waals surface area contributed by atoms with Crippen LogP contribution in [0.2, 0.25) is 0 Å². The summed E-state index contributed by atoms with van der Waals surface area (Å²) in [6, 6.07) is 15.4. The van der Waals surface area contributed by atoms with Crippen LogP contribution in [-0.2, 0) is 15.1 Å². The molecule has 2 fully saturated rings. The molecule has 1 N–H and O–H groups in total. The van der Waals surface area contributed by atoms with Crippen molar-refractivity contribution in [1.82, 2.24) is 4.90 Å². The van der Waals surface area contributed by atoms with E-state index in [1.807, 2.05) is 48.2 Å². The van der Waals surface area contributed by atoms with Gasteiger partial charge in [0.2, 0.25) is 5.91 Å². The summed E-state index contributed by atoms with van der Waals surface area (Å²) in [6.07, 6.45) is 6.73. The van der Waals surface area contributed by atoms with Crippen molar-refractivity contribution in [3.8, 4) is 0 Å². The lowest BCUT2D eigenvalue weighted by Gasteiger charge is -2.36. The molecular weight excluding hydrogens is 424 g/mol. The van der Waals surface area contributed by atoms with Gasteiger partial charge < -0.3 is 14.2 Å². The Labute approximate surface area is 189 Å². The van der Waals surface area contributed by atoms with Gasteiger partial charge in [-0.2, -0.15) is 0 Å². The number of allylic oxidation sites excluding steroid dienone is 1. The van der Waals surface area contributed by atoms with Crippen molar-refractivity contribution in [1.29, 1.82) is 0 Å². The van der Waals surface area contributed by atoms with Gasteiger partial charge in [0.25, 0.3) is 0 Å². The molecular formula is C25H22N2O4S. The predicted octanol–water partition coefficient (Wildman–Crippen LogP) is 4.48. The fraction of sp³-hybridized carbons (Fsp3) is 0.280. The molecule has 6 rings (SSSR count). The molecule has 1 spiro atoms. The zero-order chi connectivity index (χ0) is 21.7. The highest BCUT2D eigenvalue weighted by Gasteiger charge is 2.68. The number of anilines is 1. The summed E-state index contributed by atoms with van der Waals surface area (Å²) in [5.74, 6) is 2.72. The maximum absolute atomic E-state index is 13.7. The Balaban J connectivity index is 1.46. The molecule has 0 radical (unpaired) electrons. The number of furan rings is 2. The molecule has 162 valence electrons. The van der Waals surface area contributed by atoms with Gasteiger partial charge in [-0.1, -0.05) is 18.2 Å². The Morgan fingerprint density at radius 1 is 1.16 bits per heavy atom. The highest BCUT2D eigenvalue weighted by Crippen LogP contribution is 2.61. The van der Waals surface area contributed by atoms with Gasteiger partial charge in [-0.3, -0.25) is 14.5 Å². The first-order valence-corrected chi connectivity index (χ1v) is 11.9. The molecule has 0 unspecified atom stereocenters. The molecule has 3 aromatic rings. The number of rotatable bonds is 5. The maximum atomic E-state index is 13.7. The van der Waals surface area contributed by atoms with Crippen molar-refractivity contribution in [2.24, 2.45) is 5.92 Å². The Bertz CT molecular complexity index is 1190. The summed E-state index contributed by atoms with van der Waals surface area (Å²) in [4.78, 5) is 29.2. The molecule has 6 nitrogen and oxygen atoms in total. The summed E-state index contributed by atoms with van der Waals surface area (Å²) in [7, 11) is 0. The summed E-state index contributed by atoms with van der Waals surface area (Å²) >= 11 is 1.83. The van der Waals surface area contributed by atoms with Crippen LogP contribution in [0.4, 0.5) is 5.69 Å². The zero-order valence-electron chi connectivity index (χ0n) is 17.3. The first-order valence-electron chi connectivity index (χ1n) is 10.7. The van der Waals surface area contributed by atoms with E-state index < -0.39 is 5.54 Å². The molecule has 0 aliphatic carbocycles. The van der Waals surface area contributed by atoms with E-state index in [0.717, 1.165) is 28.6 Å². The van der Waals surface area contributed by atoms with Crippen LogP contribution in [0.25, 0.3) is 6.08 Å². The van der Waals surface area contributed by atoms with Crippen molar-refractivity contribution in [2.75, 3.05) is 16.9 Å². The van der Waals surface area contributed by atoms with Crippen LogP contribution >= 0.6 is 11.8 Å². The summed E-state index contributed by atoms with van der Waals surface area (Å²) in [6.45, 7) is 0. The van der Waals surface area contributed by atoms with Crippen LogP contribution in [0.1, 0.15) is 29.4 Å². The van der Waals surface area contributed by atoms with Crippen LogP contribution in [0.15, 0.2) is 76.0 Å². The lowest BCUT2D eigenvalue weighted by Crippen LogP contribution is -2.51. The number of carbonyl (C=O) groups excluding carboxylic acids is 2. The van der Waals surface area contributed by atoms with E-state index in [0.29, 0.717) is 5.76 Å². The molecule has 32 heavy (non-hydrogen) atoms. The Hall–Kier alpha value is -3.03. The predicted molar refractivity (Wildman–Crippen MR) is 122 cm³/mol. The molecule has 7 heteroatoms. The van der Waals surface area contributed by atoms with Gasteiger partial charge in [0.05, 0.1) is 12.5 Å². The molecule has 0 bridgehead atoms. The fourth-order valence-electron chi connectivity index (χ4n) is 5.77. The highest BCUT2D eigenvalue weighted by molar-refractivity contribution is 7.99. The number of thioether (sulfide) groups is 1. The molecule has 2 aromatic heterocycles. The van der Waals surface area contributed by atoms with E-state index in [9.17, 15) is 9.59 Å². The molecule has 5 heterocycles. The average Bonchev–Trinajstić information content (AvgIpc) is 3.60. The number of hydrogen-bond donors (Lipinski definition) is 1. The first kappa shape index (κ1) is 19.6. The molecule has 1 amide bonds. The van der Waals surface area contributed by atoms with Gasteiger partial charge in [-0.25, -0.2) is 0 Å². The van der Waals surface area contributed by atoms with Crippen LogP contribution < -0.4 is 5.32 Å². The number of hydrogen-bond acceptors (Lipinski definition) is 6. The second-order valence-electron chi connectivity index (χ2n) is 8.47. The standard InChI is InChI=1S/C25H22N2O4S/c28-16(9-10-17-5-3-11-30-17)13-19-23(22-8-4-12-31-22)21-14-32-15-27(21)25(19)18-6-1-2-7-20(18)26-24(25)29/h1-12,19,21,23H,13-15H2,(H,26,29)/b10-9+/t19-,21+,23-,25-/m0/s1. The monoisotopic (exact) mass is 446 g/mol. The molecule has 4 atom stereocenters. The molecule has 1 aromatic carbocycles. The number of nitrogens with one attached hydrogen (secondary N) is 1. The lowest BCUT2D eigenvalue weighted by molar-refractivity contribution is -0.129. The normalized spacial score (nSPS) is 29.0. The lowest BCUT2D eigenvalue weighted by atomic mass is 9.72. The summed E-state index contributed by atoms with van der Waals surface area (Å²) in [5, 5.41) is 3.10. The van der Waals surface area contributed by atoms with Gasteiger partial charge >= 0.3 is 0 Å². The van der Waals surface area contributed by atoms with Crippen LogP contribution in [-0.4, -0.2) is 34.3 Å². The number of carbonyl (C=O) groups is 2.